The van der Waals surface area contributed by atoms with Gasteiger partial charge in [0.15, 0.2) is 0 Å². The Morgan fingerprint density at radius 1 is 1.20 bits per heavy atom. The topological polar surface area (TPSA) is 39.2 Å². The van der Waals surface area contributed by atoms with Crippen molar-refractivity contribution in [2.75, 3.05) is 7.11 Å². The van der Waals surface area contributed by atoms with Crippen molar-refractivity contribution in [3.05, 3.63) is 53.5 Å². The van der Waals surface area contributed by atoms with E-state index in [4.69, 9.17) is 0 Å². The minimum Gasteiger partial charge on any atom is -0.469 e. The molecule has 0 aliphatic rings. The van der Waals surface area contributed by atoms with Crippen molar-refractivity contribution in [1.29, 1.82) is 0 Å². The lowest BCUT2D eigenvalue weighted by Gasteiger charge is -2.00. The summed E-state index contributed by atoms with van der Waals surface area (Å²) in [6.45, 7) is 0. The summed E-state index contributed by atoms with van der Waals surface area (Å²) in [4.78, 5) is 15.7. The Morgan fingerprint density at radius 2 is 2.00 bits per heavy atom. The average Bonchev–Trinajstić information content (AvgIpc) is 2.95. The maximum absolute atomic E-state index is 11.2. The van der Waals surface area contributed by atoms with E-state index in [2.05, 4.69) is 40.1 Å². The van der Waals surface area contributed by atoms with Crippen LogP contribution in [0.15, 0.2) is 47.8 Å². The standard InChI is InChI=1S/C16H13NO2S/c1-19-15(18)9-14-10-20-16(17-14)13-7-6-11-4-2-3-5-12(11)8-13/h2-8,10H,9H2,1H3. The fraction of sp³-hybridized carbons (Fsp3) is 0.125. The van der Waals surface area contributed by atoms with Crippen molar-refractivity contribution in [3.8, 4) is 10.6 Å². The Kier molecular flexibility index (Phi) is 3.48. The van der Waals surface area contributed by atoms with Gasteiger partial charge in [-0.1, -0.05) is 36.4 Å². The number of hydrogen-bond donors (Lipinski definition) is 0. The third-order valence-corrected chi connectivity index (χ3v) is 4.04. The zero-order valence-corrected chi connectivity index (χ0v) is 11.8. The second-order valence-corrected chi connectivity index (χ2v) is 5.32. The van der Waals surface area contributed by atoms with Crippen LogP contribution in [0.1, 0.15) is 5.69 Å². The number of carbonyl (C=O) groups is 1. The Labute approximate surface area is 120 Å². The molecule has 0 saturated carbocycles. The van der Waals surface area contributed by atoms with Gasteiger partial charge in [0.05, 0.1) is 19.2 Å². The predicted molar refractivity (Wildman–Crippen MR) is 80.8 cm³/mol. The molecule has 0 atom stereocenters. The number of benzene rings is 2. The third-order valence-electron chi connectivity index (χ3n) is 3.10. The summed E-state index contributed by atoms with van der Waals surface area (Å²) in [6, 6.07) is 14.5. The molecule has 3 nitrogen and oxygen atoms in total. The zero-order chi connectivity index (χ0) is 13.9. The van der Waals surface area contributed by atoms with Crippen molar-refractivity contribution in [3.63, 3.8) is 0 Å². The van der Waals surface area contributed by atoms with E-state index >= 15 is 0 Å². The minimum absolute atomic E-state index is 0.223. The van der Waals surface area contributed by atoms with E-state index in [0.717, 1.165) is 16.3 Å². The second-order valence-electron chi connectivity index (χ2n) is 4.46. The highest BCUT2D eigenvalue weighted by atomic mass is 32.1. The van der Waals surface area contributed by atoms with E-state index in [1.807, 2.05) is 17.5 Å². The van der Waals surface area contributed by atoms with Gasteiger partial charge in [-0.2, -0.15) is 0 Å². The lowest BCUT2D eigenvalue weighted by atomic mass is 10.1. The first kappa shape index (κ1) is 12.8. The van der Waals surface area contributed by atoms with Gasteiger partial charge in [-0.25, -0.2) is 4.98 Å². The average molecular weight is 283 g/mol. The summed E-state index contributed by atoms with van der Waals surface area (Å²) < 4.78 is 4.65. The van der Waals surface area contributed by atoms with Crippen LogP contribution < -0.4 is 0 Å². The summed E-state index contributed by atoms with van der Waals surface area (Å²) in [7, 11) is 1.39. The molecule has 0 amide bonds. The highest BCUT2D eigenvalue weighted by Crippen LogP contribution is 2.27. The van der Waals surface area contributed by atoms with Crippen molar-refractivity contribution in [1.82, 2.24) is 4.98 Å². The molecule has 0 aliphatic heterocycles. The summed E-state index contributed by atoms with van der Waals surface area (Å²) in [5.74, 6) is -0.264. The summed E-state index contributed by atoms with van der Waals surface area (Å²) in [5.41, 5.74) is 1.83. The molecule has 3 aromatic rings. The monoisotopic (exact) mass is 283 g/mol. The predicted octanol–water partition coefficient (Wildman–Crippen LogP) is 3.68. The number of fused-ring (bicyclic) bond motifs is 1. The lowest BCUT2D eigenvalue weighted by Crippen LogP contribution is -2.04. The number of hydrogen-bond acceptors (Lipinski definition) is 4. The highest BCUT2D eigenvalue weighted by molar-refractivity contribution is 7.13. The number of nitrogens with zero attached hydrogens (tertiary/aromatic N) is 1. The van der Waals surface area contributed by atoms with E-state index in [1.165, 1.54) is 17.9 Å². The van der Waals surface area contributed by atoms with Gasteiger partial charge in [0.1, 0.15) is 5.01 Å². The van der Waals surface area contributed by atoms with Crippen LogP contribution in [0.5, 0.6) is 0 Å². The molecule has 0 spiro atoms. The maximum Gasteiger partial charge on any atom is 0.311 e. The second kappa shape index (κ2) is 5.43. The van der Waals surface area contributed by atoms with Crippen LogP contribution in [0, 0.1) is 0 Å². The fourth-order valence-corrected chi connectivity index (χ4v) is 2.88. The Hall–Kier alpha value is -2.20. The fourth-order valence-electron chi connectivity index (χ4n) is 2.06. The summed E-state index contributed by atoms with van der Waals surface area (Å²) in [5, 5.41) is 5.23. The molecule has 0 fully saturated rings. The van der Waals surface area contributed by atoms with E-state index < -0.39 is 0 Å². The molecule has 20 heavy (non-hydrogen) atoms. The molecule has 2 aromatic carbocycles. The normalized spacial score (nSPS) is 10.7. The van der Waals surface area contributed by atoms with Crippen LogP contribution in [-0.2, 0) is 16.0 Å². The molecule has 4 heteroatoms. The van der Waals surface area contributed by atoms with Gasteiger partial charge >= 0.3 is 5.97 Å². The first-order chi connectivity index (χ1) is 9.76. The number of aromatic nitrogens is 1. The molecule has 100 valence electrons. The van der Waals surface area contributed by atoms with Crippen molar-refractivity contribution in [2.24, 2.45) is 0 Å². The third kappa shape index (κ3) is 2.56. The highest BCUT2D eigenvalue weighted by Gasteiger charge is 2.09. The summed E-state index contributed by atoms with van der Waals surface area (Å²) in [6.07, 6.45) is 0.223. The SMILES string of the molecule is COC(=O)Cc1csc(-c2ccc3ccccc3c2)n1. The van der Waals surface area contributed by atoms with Gasteiger partial charge in [0.2, 0.25) is 0 Å². The van der Waals surface area contributed by atoms with Crippen LogP contribution in [0.4, 0.5) is 0 Å². The molecule has 0 saturated heterocycles. The van der Waals surface area contributed by atoms with Crippen molar-refractivity contribution >= 4 is 28.1 Å². The number of thiazole rings is 1. The van der Waals surface area contributed by atoms with Gasteiger partial charge in [0, 0.05) is 10.9 Å². The molecule has 0 unspecified atom stereocenters. The molecule has 0 bridgehead atoms. The number of rotatable bonds is 3. The smallest absolute Gasteiger partial charge is 0.311 e. The summed E-state index contributed by atoms with van der Waals surface area (Å²) >= 11 is 1.54. The molecule has 0 N–H and O–H groups in total. The first-order valence-electron chi connectivity index (χ1n) is 6.26. The van der Waals surface area contributed by atoms with E-state index in [1.54, 1.807) is 11.3 Å². The van der Waals surface area contributed by atoms with Gasteiger partial charge < -0.3 is 4.74 Å². The Balaban J connectivity index is 1.92. The van der Waals surface area contributed by atoms with Crippen molar-refractivity contribution < 1.29 is 9.53 Å². The van der Waals surface area contributed by atoms with Crippen LogP contribution >= 0.6 is 11.3 Å². The van der Waals surface area contributed by atoms with Gasteiger partial charge in [0.25, 0.3) is 0 Å². The lowest BCUT2D eigenvalue weighted by molar-refractivity contribution is -0.139. The number of esters is 1. The van der Waals surface area contributed by atoms with Crippen molar-refractivity contribution in [2.45, 2.75) is 6.42 Å². The molecule has 1 aromatic heterocycles. The van der Waals surface area contributed by atoms with Crippen LogP contribution in [0.25, 0.3) is 21.3 Å². The maximum atomic E-state index is 11.2. The molecular weight excluding hydrogens is 270 g/mol. The molecular formula is C16H13NO2S. The van der Waals surface area contributed by atoms with Gasteiger partial charge in [-0.05, 0) is 16.8 Å². The minimum atomic E-state index is -0.264. The van der Waals surface area contributed by atoms with E-state index in [-0.39, 0.29) is 12.4 Å². The first-order valence-corrected chi connectivity index (χ1v) is 7.14. The molecule has 1 heterocycles. The molecule has 0 radical (unpaired) electrons. The number of carbonyl (C=O) groups excluding carboxylic acids is 1. The van der Waals surface area contributed by atoms with Crippen LogP contribution in [0.3, 0.4) is 0 Å². The van der Waals surface area contributed by atoms with Crippen LogP contribution in [0.2, 0.25) is 0 Å². The Morgan fingerprint density at radius 3 is 2.80 bits per heavy atom. The molecule has 0 aliphatic carbocycles. The molecule has 3 rings (SSSR count). The number of ether oxygens (including phenoxy) is 1. The zero-order valence-electron chi connectivity index (χ0n) is 11.0. The van der Waals surface area contributed by atoms with E-state index in [9.17, 15) is 4.79 Å². The Bertz CT molecular complexity index is 764. The van der Waals surface area contributed by atoms with Crippen LogP contribution in [-0.4, -0.2) is 18.1 Å². The largest absolute Gasteiger partial charge is 0.469 e. The quantitative estimate of drug-likeness (QED) is 0.688. The van der Waals surface area contributed by atoms with E-state index in [0.29, 0.717) is 0 Å². The van der Waals surface area contributed by atoms with Gasteiger partial charge in [-0.15, -0.1) is 11.3 Å². The number of methoxy groups -OCH3 is 1. The van der Waals surface area contributed by atoms with Gasteiger partial charge in [-0.3, -0.25) is 4.79 Å².